The van der Waals surface area contributed by atoms with Gasteiger partial charge in [0.15, 0.2) is 11.5 Å². The van der Waals surface area contributed by atoms with Crippen molar-refractivity contribution in [1.29, 1.82) is 0 Å². The molecule has 3 aromatic rings. The van der Waals surface area contributed by atoms with Crippen molar-refractivity contribution in [1.82, 2.24) is 5.43 Å². The Labute approximate surface area is 217 Å². The highest BCUT2D eigenvalue weighted by molar-refractivity contribution is 9.10. The number of nitrogens with one attached hydrogen (secondary N) is 1. The maximum Gasteiger partial charge on any atom is 0.339 e. The number of nitrogens with zero attached hydrogens (tertiary/aromatic N) is 2. The van der Waals surface area contributed by atoms with Crippen LogP contribution in [0, 0.1) is 10.1 Å². The van der Waals surface area contributed by atoms with Crippen LogP contribution in [-0.2, 0) is 10.1 Å². The Morgan fingerprint density at radius 3 is 2.49 bits per heavy atom. The van der Waals surface area contributed by atoms with Gasteiger partial charge in [-0.2, -0.15) is 13.5 Å². The Balaban J connectivity index is 1.82. The molecule has 1 N–H and O–H groups in total. The fraction of sp³-hybridized carbons (Fsp3) is 0.0909. The lowest BCUT2D eigenvalue weighted by Crippen LogP contribution is -2.17. The summed E-state index contributed by atoms with van der Waals surface area (Å²) in [7, 11) is -4.32. The molecule has 182 valence electrons. The molecule has 0 aliphatic rings. The van der Waals surface area contributed by atoms with E-state index >= 15 is 0 Å². The number of hydrogen-bond donors (Lipinski definition) is 1. The minimum Gasteiger partial charge on any atom is -0.490 e. The fourth-order valence-corrected chi connectivity index (χ4v) is 4.76. The number of benzene rings is 3. The highest BCUT2D eigenvalue weighted by atomic mass is 79.9. The van der Waals surface area contributed by atoms with Crippen LogP contribution >= 0.6 is 31.9 Å². The standard InChI is InChI=1S/C22H17Br2N3O7S/c1-2-33-20-11-14(13-25-26-22(28)15-4-3-5-16(23)12-15)10-19(24)21(20)34-35(31,32)18-8-6-17(7-9-18)27(29)30/h3-13H,2H2,1H3,(H,26,28)/b25-13-. The van der Waals surface area contributed by atoms with E-state index in [1.165, 1.54) is 18.3 Å². The lowest BCUT2D eigenvalue weighted by atomic mass is 10.2. The predicted octanol–water partition coefficient (Wildman–Crippen LogP) is 5.05. The largest absolute Gasteiger partial charge is 0.490 e. The van der Waals surface area contributed by atoms with E-state index < -0.39 is 20.9 Å². The Bertz CT molecular complexity index is 1390. The van der Waals surface area contributed by atoms with Crippen LogP contribution in [-0.4, -0.2) is 32.1 Å². The summed E-state index contributed by atoms with van der Waals surface area (Å²) in [6, 6.07) is 14.1. The third-order valence-electron chi connectivity index (χ3n) is 4.33. The number of nitro groups is 1. The zero-order chi connectivity index (χ0) is 25.6. The van der Waals surface area contributed by atoms with Crippen molar-refractivity contribution in [2.75, 3.05) is 6.61 Å². The van der Waals surface area contributed by atoms with Gasteiger partial charge in [-0.15, -0.1) is 0 Å². The van der Waals surface area contributed by atoms with E-state index in [4.69, 9.17) is 8.92 Å². The average molecular weight is 627 g/mol. The maximum atomic E-state index is 12.7. The van der Waals surface area contributed by atoms with Crippen LogP contribution in [0.15, 0.2) is 79.6 Å². The summed E-state index contributed by atoms with van der Waals surface area (Å²) in [5.74, 6) is -0.423. The topological polar surface area (TPSA) is 137 Å². The van der Waals surface area contributed by atoms with Gasteiger partial charge in [0.1, 0.15) is 4.90 Å². The first-order valence-electron chi connectivity index (χ1n) is 9.85. The van der Waals surface area contributed by atoms with Crippen molar-refractivity contribution >= 4 is 59.8 Å². The van der Waals surface area contributed by atoms with E-state index in [0.29, 0.717) is 11.1 Å². The van der Waals surface area contributed by atoms with E-state index in [2.05, 4.69) is 42.4 Å². The van der Waals surface area contributed by atoms with Gasteiger partial charge >= 0.3 is 10.1 Å². The molecule has 13 heteroatoms. The molecule has 0 unspecified atom stereocenters. The quantitative estimate of drug-likeness (QED) is 0.152. The molecule has 0 fully saturated rings. The molecule has 35 heavy (non-hydrogen) atoms. The highest BCUT2D eigenvalue weighted by Gasteiger charge is 2.23. The summed E-state index contributed by atoms with van der Waals surface area (Å²) < 4.78 is 37.3. The summed E-state index contributed by atoms with van der Waals surface area (Å²) in [4.78, 5) is 22.1. The van der Waals surface area contributed by atoms with E-state index in [1.807, 2.05) is 0 Å². The number of rotatable bonds is 9. The fourth-order valence-electron chi connectivity index (χ4n) is 2.76. The van der Waals surface area contributed by atoms with Crippen LogP contribution in [0.4, 0.5) is 5.69 Å². The Morgan fingerprint density at radius 1 is 1.14 bits per heavy atom. The predicted molar refractivity (Wildman–Crippen MR) is 135 cm³/mol. The van der Waals surface area contributed by atoms with E-state index in [9.17, 15) is 23.3 Å². The van der Waals surface area contributed by atoms with Crippen molar-refractivity contribution in [3.05, 3.63) is 90.9 Å². The van der Waals surface area contributed by atoms with Crippen LogP contribution in [0.5, 0.6) is 11.5 Å². The number of carbonyl (C=O) groups excluding carboxylic acids is 1. The molecule has 10 nitrogen and oxygen atoms in total. The molecular formula is C22H17Br2N3O7S. The second-order valence-electron chi connectivity index (χ2n) is 6.76. The first-order chi connectivity index (χ1) is 16.6. The highest BCUT2D eigenvalue weighted by Crippen LogP contribution is 2.38. The smallest absolute Gasteiger partial charge is 0.339 e. The van der Waals surface area contributed by atoms with Crippen LogP contribution in [0.2, 0.25) is 0 Å². The van der Waals surface area contributed by atoms with E-state index in [1.54, 1.807) is 31.2 Å². The molecule has 0 aromatic heterocycles. The third-order valence-corrected chi connectivity index (χ3v) is 6.65. The summed E-state index contributed by atoms with van der Waals surface area (Å²) in [5.41, 5.74) is 3.05. The van der Waals surface area contributed by atoms with Gasteiger partial charge < -0.3 is 8.92 Å². The number of halogens is 2. The second kappa shape index (κ2) is 11.4. The molecule has 0 bridgehead atoms. The summed E-state index contributed by atoms with van der Waals surface area (Å²) in [5, 5.41) is 14.7. The van der Waals surface area contributed by atoms with Gasteiger partial charge in [0.2, 0.25) is 0 Å². The summed E-state index contributed by atoms with van der Waals surface area (Å²) in [6.45, 7) is 1.92. The van der Waals surface area contributed by atoms with Crippen LogP contribution in [0.25, 0.3) is 0 Å². The first-order valence-corrected chi connectivity index (χ1v) is 12.8. The lowest BCUT2D eigenvalue weighted by Gasteiger charge is -2.14. The van der Waals surface area contributed by atoms with Gasteiger partial charge in [0.25, 0.3) is 11.6 Å². The third kappa shape index (κ3) is 6.87. The van der Waals surface area contributed by atoms with Gasteiger partial charge in [0, 0.05) is 22.2 Å². The average Bonchev–Trinajstić information content (AvgIpc) is 2.81. The lowest BCUT2D eigenvalue weighted by molar-refractivity contribution is -0.384. The first kappa shape index (κ1) is 26.3. The molecule has 0 saturated carbocycles. The molecule has 0 aliphatic heterocycles. The normalized spacial score (nSPS) is 11.3. The van der Waals surface area contributed by atoms with Crippen LogP contribution < -0.4 is 14.3 Å². The zero-order valence-corrected chi connectivity index (χ0v) is 22.0. The number of hydrogen-bond acceptors (Lipinski definition) is 8. The van der Waals surface area contributed by atoms with Crippen LogP contribution in [0.3, 0.4) is 0 Å². The molecule has 0 heterocycles. The van der Waals surface area contributed by atoms with Crippen molar-refractivity contribution in [3.8, 4) is 11.5 Å². The molecule has 1 amide bonds. The molecule has 0 atom stereocenters. The van der Waals surface area contributed by atoms with E-state index in [0.717, 1.165) is 28.7 Å². The molecule has 0 saturated heterocycles. The van der Waals surface area contributed by atoms with Gasteiger partial charge in [-0.3, -0.25) is 14.9 Å². The van der Waals surface area contributed by atoms with Crippen molar-refractivity contribution in [2.45, 2.75) is 11.8 Å². The molecule has 0 aliphatic carbocycles. The number of hydrazone groups is 1. The minimum absolute atomic E-state index is 0.104. The molecule has 0 spiro atoms. The number of ether oxygens (including phenoxy) is 1. The van der Waals surface area contributed by atoms with E-state index in [-0.39, 0.29) is 33.2 Å². The van der Waals surface area contributed by atoms with Gasteiger partial charge in [-0.05, 0) is 70.9 Å². The second-order valence-corrected chi connectivity index (χ2v) is 10.1. The zero-order valence-electron chi connectivity index (χ0n) is 18.0. The molecular weight excluding hydrogens is 610 g/mol. The van der Waals surface area contributed by atoms with Crippen molar-refractivity contribution in [3.63, 3.8) is 0 Å². The monoisotopic (exact) mass is 625 g/mol. The summed E-state index contributed by atoms with van der Waals surface area (Å²) in [6.07, 6.45) is 1.36. The Morgan fingerprint density at radius 2 is 1.86 bits per heavy atom. The number of non-ortho nitro benzene ring substituents is 1. The Hall–Kier alpha value is -3.29. The van der Waals surface area contributed by atoms with Crippen LogP contribution in [0.1, 0.15) is 22.8 Å². The van der Waals surface area contributed by atoms with Crippen molar-refractivity contribution in [2.24, 2.45) is 5.10 Å². The number of nitro benzene ring substituents is 1. The van der Waals surface area contributed by atoms with Gasteiger partial charge in [-0.25, -0.2) is 5.43 Å². The Kier molecular flexibility index (Phi) is 8.59. The van der Waals surface area contributed by atoms with Crippen molar-refractivity contribution < 1.29 is 27.1 Å². The SMILES string of the molecule is CCOc1cc(/C=N\NC(=O)c2cccc(Br)c2)cc(Br)c1OS(=O)(=O)c1ccc([N+](=O)[O-])cc1. The minimum atomic E-state index is -4.32. The molecule has 0 radical (unpaired) electrons. The molecule has 3 aromatic carbocycles. The number of carbonyl (C=O) groups is 1. The molecule has 3 rings (SSSR count). The summed E-state index contributed by atoms with van der Waals surface area (Å²) >= 11 is 6.57. The van der Waals surface area contributed by atoms with Gasteiger partial charge in [0.05, 0.1) is 22.2 Å². The maximum absolute atomic E-state index is 12.7. The number of amides is 1. The van der Waals surface area contributed by atoms with Gasteiger partial charge in [-0.1, -0.05) is 22.0 Å².